The monoisotopic (exact) mass is 233 g/mol. The number of allylic oxidation sites excluding steroid dienone is 1. The first kappa shape index (κ1) is 10.9. The number of halogens is 2. The first-order valence-electron chi connectivity index (χ1n) is 3.79. The van der Waals surface area contributed by atoms with Gasteiger partial charge in [-0.2, -0.15) is 0 Å². The number of hydrogen-bond acceptors (Lipinski definition) is 2. The second kappa shape index (κ2) is 6.30. The maximum absolute atomic E-state index is 5.90. The highest BCUT2D eigenvalue weighted by Crippen LogP contribution is 2.23. The topological polar surface area (TPSA) is 12.9 Å². The van der Waals surface area contributed by atoms with Gasteiger partial charge in [-0.05, 0) is 12.1 Å². The molecule has 0 radical (unpaired) electrons. The Kier molecular flexibility index (Phi) is 5.28. The average molecular weight is 234 g/mol. The molecule has 1 aromatic heterocycles. The maximum atomic E-state index is 5.90. The lowest BCUT2D eigenvalue weighted by Crippen LogP contribution is -1.81. The number of thioether (sulfide) groups is 1. The van der Waals surface area contributed by atoms with Crippen LogP contribution in [0.5, 0.6) is 0 Å². The van der Waals surface area contributed by atoms with E-state index in [1.54, 1.807) is 18.0 Å². The van der Waals surface area contributed by atoms with Gasteiger partial charge >= 0.3 is 0 Å². The highest BCUT2D eigenvalue weighted by atomic mass is 35.5. The van der Waals surface area contributed by atoms with Gasteiger partial charge < -0.3 is 0 Å². The van der Waals surface area contributed by atoms with E-state index in [1.165, 1.54) is 0 Å². The number of aromatic nitrogens is 1. The van der Waals surface area contributed by atoms with E-state index in [-0.39, 0.29) is 0 Å². The van der Waals surface area contributed by atoms with Gasteiger partial charge in [0.05, 0.1) is 5.02 Å². The lowest BCUT2D eigenvalue weighted by atomic mass is 10.5. The predicted octanol–water partition coefficient (Wildman–Crippen LogP) is 3.62. The van der Waals surface area contributed by atoms with Crippen LogP contribution in [-0.2, 0) is 0 Å². The molecule has 1 heterocycles. The number of hydrogen-bond donors (Lipinski definition) is 0. The van der Waals surface area contributed by atoms with Gasteiger partial charge in [0, 0.05) is 17.8 Å². The molecule has 0 atom stereocenters. The van der Waals surface area contributed by atoms with Gasteiger partial charge in [0.2, 0.25) is 0 Å². The predicted molar refractivity (Wildman–Crippen MR) is 59.8 cm³/mol. The van der Waals surface area contributed by atoms with Crippen LogP contribution in [0.2, 0.25) is 5.02 Å². The summed E-state index contributed by atoms with van der Waals surface area (Å²) in [4.78, 5) is 4.14. The number of nitrogens with zero attached hydrogens (tertiary/aromatic N) is 1. The van der Waals surface area contributed by atoms with E-state index in [2.05, 4.69) is 4.98 Å². The summed E-state index contributed by atoms with van der Waals surface area (Å²) >= 11 is 13.0. The first-order chi connectivity index (χ1) is 6.34. The zero-order valence-electron chi connectivity index (χ0n) is 6.91. The second-order valence-electron chi connectivity index (χ2n) is 2.23. The first-order valence-corrected chi connectivity index (χ1v) is 5.68. The molecule has 0 bridgehead atoms. The van der Waals surface area contributed by atoms with Crippen molar-refractivity contribution in [1.82, 2.24) is 4.98 Å². The van der Waals surface area contributed by atoms with Crippen LogP contribution < -0.4 is 0 Å². The fraction of sp³-hybridized carbons (Fsp3) is 0.222. The summed E-state index contributed by atoms with van der Waals surface area (Å²) in [6, 6.07) is 3.66. The third-order valence-electron chi connectivity index (χ3n) is 1.30. The Hall–Kier alpha value is -0.180. The molecule has 0 N–H and O–H groups in total. The highest BCUT2D eigenvalue weighted by Gasteiger charge is 1.98. The Balaban J connectivity index is 2.45. The molecule has 0 aromatic carbocycles. The molecule has 0 unspecified atom stereocenters. The lowest BCUT2D eigenvalue weighted by Gasteiger charge is -1.98. The van der Waals surface area contributed by atoms with Crippen molar-refractivity contribution in [1.29, 1.82) is 0 Å². The van der Waals surface area contributed by atoms with E-state index in [1.807, 2.05) is 24.3 Å². The molecular formula is C9H9Cl2NS. The average Bonchev–Trinajstić information content (AvgIpc) is 2.15. The van der Waals surface area contributed by atoms with Crippen molar-refractivity contribution in [3.8, 4) is 0 Å². The smallest absolute Gasteiger partial charge is 0.115 e. The zero-order valence-corrected chi connectivity index (χ0v) is 9.24. The van der Waals surface area contributed by atoms with Crippen molar-refractivity contribution >= 4 is 35.0 Å². The number of alkyl halides is 1. The Bertz CT molecular complexity index is 289. The van der Waals surface area contributed by atoms with Gasteiger partial charge in [-0.25, -0.2) is 4.98 Å². The molecule has 0 aliphatic carbocycles. The van der Waals surface area contributed by atoms with E-state index in [9.17, 15) is 0 Å². The van der Waals surface area contributed by atoms with E-state index >= 15 is 0 Å². The molecule has 1 aromatic rings. The SMILES string of the molecule is ClCC=CCSc1ncccc1Cl. The summed E-state index contributed by atoms with van der Waals surface area (Å²) in [6.45, 7) is 0. The fourth-order valence-electron chi connectivity index (χ4n) is 0.735. The van der Waals surface area contributed by atoms with Crippen molar-refractivity contribution in [2.45, 2.75) is 5.03 Å². The van der Waals surface area contributed by atoms with Gasteiger partial charge in [0.15, 0.2) is 0 Å². The molecular weight excluding hydrogens is 225 g/mol. The van der Waals surface area contributed by atoms with Crippen LogP contribution in [0.3, 0.4) is 0 Å². The molecule has 1 nitrogen and oxygen atoms in total. The Morgan fingerprint density at radius 2 is 2.31 bits per heavy atom. The molecule has 0 saturated heterocycles. The second-order valence-corrected chi connectivity index (χ2v) is 3.95. The molecule has 70 valence electrons. The van der Waals surface area contributed by atoms with Crippen LogP contribution in [-0.4, -0.2) is 16.6 Å². The molecule has 0 fully saturated rings. The van der Waals surface area contributed by atoms with Gasteiger partial charge in [0.1, 0.15) is 5.03 Å². The molecule has 4 heteroatoms. The molecule has 0 aliphatic rings. The summed E-state index contributed by atoms with van der Waals surface area (Å²) in [5.41, 5.74) is 0. The summed E-state index contributed by atoms with van der Waals surface area (Å²) in [5, 5.41) is 1.56. The van der Waals surface area contributed by atoms with Crippen molar-refractivity contribution in [2.75, 3.05) is 11.6 Å². The lowest BCUT2D eigenvalue weighted by molar-refractivity contribution is 1.14. The third-order valence-corrected chi connectivity index (χ3v) is 2.85. The van der Waals surface area contributed by atoms with E-state index in [0.717, 1.165) is 10.8 Å². The Morgan fingerprint density at radius 3 is 3.00 bits per heavy atom. The highest BCUT2D eigenvalue weighted by molar-refractivity contribution is 7.99. The molecule has 1 rings (SSSR count). The fourth-order valence-corrected chi connectivity index (χ4v) is 1.88. The van der Waals surface area contributed by atoms with Crippen LogP contribution >= 0.6 is 35.0 Å². The van der Waals surface area contributed by atoms with Crippen LogP contribution in [0.25, 0.3) is 0 Å². The Labute approximate surface area is 92.2 Å². The molecule has 0 spiro atoms. The van der Waals surface area contributed by atoms with Crippen molar-refractivity contribution < 1.29 is 0 Å². The van der Waals surface area contributed by atoms with Crippen LogP contribution in [0.15, 0.2) is 35.5 Å². The van der Waals surface area contributed by atoms with Gasteiger partial charge in [0.25, 0.3) is 0 Å². The minimum Gasteiger partial charge on any atom is -0.248 e. The number of rotatable bonds is 4. The van der Waals surface area contributed by atoms with Gasteiger partial charge in [-0.1, -0.05) is 23.8 Å². The summed E-state index contributed by atoms with van der Waals surface area (Å²) in [6.07, 6.45) is 5.65. The van der Waals surface area contributed by atoms with E-state index in [4.69, 9.17) is 23.2 Å². The summed E-state index contributed by atoms with van der Waals surface area (Å²) < 4.78 is 0. The molecule has 13 heavy (non-hydrogen) atoms. The largest absolute Gasteiger partial charge is 0.248 e. The van der Waals surface area contributed by atoms with E-state index < -0.39 is 0 Å². The van der Waals surface area contributed by atoms with Crippen LogP contribution in [0.4, 0.5) is 0 Å². The van der Waals surface area contributed by atoms with Crippen LogP contribution in [0, 0.1) is 0 Å². The van der Waals surface area contributed by atoms with E-state index in [0.29, 0.717) is 10.9 Å². The van der Waals surface area contributed by atoms with Crippen molar-refractivity contribution in [3.05, 3.63) is 35.5 Å². The minimum atomic E-state index is 0.552. The molecule has 0 saturated carbocycles. The standard InChI is InChI=1S/C9H9Cl2NS/c10-5-1-2-7-13-9-8(11)4-3-6-12-9/h1-4,6H,5,7H2. The Morgan fingerprint density at radius 1 is 1.46 bits per heavy atom. The third kappa shape index (κ3) is 4.03. The van der Waals surface area contributed by atoms with Gasteiger partial charge in [-0.15, -0.1) is 23.4 Å². The quantitative estimate of drug-likeness (QED) is 0.448. The normalized spacial score (nSPS) is 10.9. The molecule has 0 amide bonds. The molecule has 0 aliphatic heterocycles. The summed E-state index contributed by atoms with van der Waals surface area (Å²) in [7, 11) is 0. The zero-order chi connectivity index (χ0) is 9.52. The maximum Gasteiger partial charge on any atom is 0.115 e. The minimum absolute atomic E-state index is 0.552. The van der Waals surface area contributed by atoms with Crippen molar-refractivity contribution in [2.24, 2.45) is 0 Å². The summed E-state index contributed by atoms with van der Waals surface area (Å²) in [5.74, 6) is 1.40. The van der Waals surface area contributed by atoms with Crippen molar-refractivity contribution in [3.63, 3.8) is 0 Å². The number of pyridine rings is 1. The van der Waals surface area contributed by atoms with Crippen LogP contribution in [0.1, 0.15) is 0 Å². The van der Waals surface area contributed by atoms with Gasteiger partial charge in [-0.3, -0.25) is 0 Å².